The molecule has 2 fully saturated rings. The lowest BCUT2D eigenvalue weighted by atomic mass is 9.67. The third kappa shape index (κ3) is 8.03. The fraction of sp³-hybridized carbons (Fsp3) is 0.700. The van der Waals surface area contributed by atoms with E-state index in [1.54, 1.807) is 27.5 Å². The van der Waals surface area contributed by atoms with E-state index < -0.39 is 12.4 Å². The maximum Gasteiger partial charge on any atom is 0.306 e. The fourth-order valence-electron chi connectivity index (χ4n) is 8.95. The Hall–Kier alpha value is -2.96. The van der Waals surface area contributed by atoms with Crippen LogP contribution in [0.15, 0.2) is 36.0 Å². The Morgan fingerprint density at radius 3 is 2.53 bits per heavy atom. The highest BCUT2D eigenvalue weighted by molar-refractivity contribution is 5.99. The van der Waals surface area contributed by atoms with Crippen LogP contribution in [0.3, 0.4) is 0 Å². The number of methoxy groups -OCH3 is 3. The quantitative estimate of drug-likeness (QED) is 0.192. The van der Waals surface area contributed by atoms with E-state index in [1.165, 1.54) is 0 Å². The molecule has 0 aromatic carbocycles. The monoisotopic (exact) mass is 707 g/mol. The molecule has 51 heavy (non-hydrogen) atoms. The third-order valence-corrected chi connectivity index (χ3v) is 12.0. The van der Waals surface area contributed by atoms with E-state index in [4.69, 9.17) is 33.4 Å². The van der Waals surface area contributed by atoms with Crippen molar-refractivity contribution in [1.82, 2.24) is 15.0 Å². The number of carbonyl (C=O) groups is 2. The van der Waals surface area contributed by atoms with Crippen LogP contribution in [-0.4, -0.2) is 91.5 Å². The van der Waals surface area contributed by atoms with Gasteiger partial charge in [-0.25, -0.2) is 4.98 Å². The van der Waals surface area contributed by atoms with Crippen molar-refractivity contribution in [2.24, 2.45) is 23.7 Å². The number of aromatic nitrogens is 3. The molecule has 0 amide bonds. The molecule has 1 N–H and O–H groups in total. The number of aromatic amines is 1. The smallest absolute Gasteiger partial charge is 0.306 e. The summed E-state index contributed by atoms with van der Waals surface area (Å²) in [7, 11) is 4.94. The predicted octanol–water partition coefficient (Wildman–Crippen LogP) is 6.54. The molecular weight excluding hydrogens is 650 g/mol. The number of nitrogens with zero attached hydrogens (tertiary/aromatic N) is 2. The summed E-state index contributed by atoms with van der Waals surface area (Å²) in [6, 6.07) is 5.79. The maximum atomic E-state index is 14.3. The van der Waals surface area contributed by atoms with Gasteiger partial charge in [-0.2, -0.15) is 0 Å². The van der Waals surface area contributed by atoms with Gasteiger partial charge in [0.2, 0.25) is 0 Å². The molecule has 3 aliphatic carbocycles. The Bertz CT molecular complexity index is 1510. The number of Topliss-reactive ketones (excluding diaryl/α,β-unsaturated/α-hetero) is 1. The molecule has 1 aliphatic heterocycles. The van der Waals surface area contributed by atoms with Crippen molar-refractivity contribution in [3.05, 3.63) is 47.4 Å². The zero-order chi connectivity index (χ0) is 36.2. The summed E-state index contributed by atoms with van der Waals surface area (Å²) in [5.74, 6) is 0.307. The first kappa shape index (κ1) is 37.8. The molecule has 11 heteroatoms. The van der Waals surface area contributed by atoms with Crippen LogP contribution in [0, 0.1) is 23.7 Å². The topological polar surface area (TPSA) is 131 Å². The zero-order valence-electron chi connectivity index (χ0n) is 31.3. The van der Waals surface area contributed by atoms with E-state index in [0.717, 1.165) is 67.6 Å². The summed E-state index contributed by atoms with van der Waals surface area (Å²) in [5, 5.41) is 0. The van der Waals surface area contributed by atoms with Crippen molar-refractivity contribution in [3.8, 4) is 11.5 Å². The first-order valence-corrected chi connectivity index (χ1v) is 19.0. The molecule has 2 aromatic heterocycles. The van der Waals surface area contributed by atoms with Gasteiger partial charge in [0, 0.05) is 56.9 Å². The zero-order valence-corrected chi connectivity index (χ0v) is 31.3. The Balaban J connectivity index is 1.37. The molecule has 11 nitrogen and oxygen atoms in total. The van der Waals surface area contributed by atoms with Crippen LogP contribution in [0.1, 0.15) is 102 Å². The molecule has 2 aromatic rings. The lowest BCUT2D eigenvalue weighted by Crippen LogP contribution is -2.43. The van der Waals surface area contributed by atoms with Crippen molar-refractivity contribution in [2.45, 2.75) is 128 Å². The number of ether oxygens (including phenoxy) is 6. The fourth-order valence-corrected chi connectivity index (χ4v) is 8.95. The van der Waals surface area contributed by atoms with Gasteiger partial charge in [-0.1, -0.05) is 32.4 Å². The average molecular weight is 708 g/mol. The first-order valence-electron chi connectivity index (χ1n) is 19.0. The van der Waals surface area contributed by atoms with Crippen molar-refractivity contribution in [2.75, 3.05) is 27.9 Å². The first-order chi connectivity index (χ1) is 24.7. The molecule has 6 rings (SSSR count). The number of imidazole rings is 1. The van der Waals surface area contributed by atoms with Gasteiger partial charge >= 0.3 is 5.97 Å². The number of rotatable bonds is 12. The van der Waals surface area contributed by atoms with E-state index in [0.29, 0.717) is 12.4 Å². The summed E-state index contributed by atoms with van der Waals surface area (Å²) < 4.78 is 36.2. The molecule has 12 atom stereocenters. The number of hydrogen-bond donors (Lipinski definition) is 1. The van der Waals surface area contributed by atoms with Gasteiger partial charge in [-0.05, 0) is 81.9 Å². The summed E-state index contributed by atoms with van der Waals surface area (Å²) in [5.41, 5.74) is 3.50. The largest absolute Gasteiger partial charge is 0.462 e. The second-order valence-corrected chi connectivity index (χ2v) is 15.1. The summed E-state index contributed by atoms with van der Waals surface area (Å²) in [6.45, 7) is 8.36. The van der Waals surface area contributed by atoms with Crippen LogP contribution < -0.4 is 0 Å². The number of ketones is 1. The second-order valence-electron chi connectivity index (χ2n) is 15.1. The normalized spacial score (nSPS) is 31.9. The van der Waals surface area contributed by atoms with Gasteiger partial charge in [0.25, 0.3) is 0 Å². The standard InChI is InChI=1S/C40H57N3O8/c1-8-25-14-10-9-13-22(2)38(45)31-19-28-27-17-26(51-40(33(48-7)21-46-5)49-24(4)23(3)47-6)18-30(27)36-37(35(28)29(31)20-34(44)50-25)43-39(42-36)32-15-11-12-16-41-32/h11-12,15-16,19,22-30,33,35,40H,8-10,13-14,17-18,20-21H2,1-7H3,(H,42,43)/t22-,23-,24?,25+,26+,27+,28?,29-,30?,33+,35-,40?/m1/s1. The number of allylic oxidation sites excluding steroid dienone is 2. The van der Waals surface area contributed by atoms with Crippen LogP contribution in [0.25, 0.3) is 11.5 Å². The number of carbonyl (C=O) groups excluding carboxylic acids is 2. The lowest BCUT2D eigenvalue weighted by Gasteiger charge is -2.37. The number of H-pyrrole nitrogens is 1. The van der Waals surface area contributed by atoms with Crippen LogP contribution in [0.2, 0.25) is 0 Å². The maximum absolute atomic E-state index is 14.3. The lowest BCUT2D eigenvalue weighted by molar-refractivity contribution is -0.255. The van der Waals surface area contributed by atoms with Crippen LogP contribution in [0.4, 0.5) is 0 Å². The highest BCUT2D eigenvalue weighted by Crippen LogP contribution is 2.61. The molecule has 3 heterocycles. The number of cyclic esters (lactones) is 1. The minimum atomic E-state index is -0.688. The Labute approximate surface area is 302 Å². The molecule has 4 aliphatic rings. The van der Waals surface area contributed by atoms with E-state index >= 15 is 0 Å². The van der Waals surface area contributed by atoms with E-state index in [9.17, 15) is 9.59 Å². The minimum Gasteiger partial charge on any atom is -0.462 e. The van der Waals surface area contributed by atoms with Gasteiger partial charge in [-0.3, -0.25) is 14.6 Å². The Kier molecular flexibility index (Phi) is 12.4. The predicted molar refractivity (Wildman–Crippen MR) is 191 cm³/mol. The highest BCUT2D eigenvalue weighted by atomic mass is 16.7. The molecule has 1 saturated heterocycles. The molecule has 0 radical (unpaired) electrons. The van der Waals surface area contributed by atoms with E-state index in [2.05, 4.69) is 23.0 Å². The van der Waals surface area contributed by atoms with E-state index in [1.807, 2.05) is 39.0 Å². The molecular formula is C40H57N3O8. The Morgan fingerprint density at radius 1 is 1.02 bits per heavy atom. The number of esters is 1. The molecule has 0 spiro atoms. The van der Waals surface area contributed by atoms with Gasteiger partial charge in [0.05, 0.1) is 37.0 Å². The van der Waals surface area contributed by atoms with Gasteiger partial charge in [0.15, 0.2) is 17.9 Å². The number of fused-ring (bicyclic) bond motifs is 8. The van der Waals surface area contributed by atoms with Crippen LogP contribution >= 0.6 is 0 Å². The number of pyridine rings is 1. The summed E-state index contributed by atoms with van der Waals surface area (Å²) >= 11 is 0. The molecule has 1 saturated carbocycles. The van der Waals surface area contributed by atoms with Crippen molar-refractivity contribution in [1.29, 1.82) is 0 Å². The van der Waals surface area contributed by atoms with Gasteiger partial charge < -0.3 is 33.4 Å². The molecule has 4 unspecified atom stereocenters. The summed E-state index contributed by atoms with van der Waals surface area (Å²) in [4.78, 5) is 41.4. The van der Waals surface area contributed by atoms with Crippen LogP contribution in [-0.2, 0) is 38.0 Å². The average Bonchev–Trinajstić information content (AvgIpc) is 3.86. The molecule has 280 valence electrons. The number of hydrogen-bond acceptors (Lipinski definition) is 10. The number of nitrogens with one attached hydrogen (secondary N) is 1. The van der Waals surface area contributed by atoms with E-state index in [-0.39, 0.29) is 78.1 Å². The molecule has 0 bridgehead atoms. The second kappa shape index (κ2) is 16.8. The highest BCUT2D eigenvalue weighted by Gasteiger charge is 2.56. The SMILES string of the molecule is CC[C@H]1CCCC[C@@H](C)C(=O)C2=CC3[C@@H]4C[C@H](OC(OC(C)[C@@H](C)OC)[C@H](COC)OC)CC4c4nc(-c5ccccn5)[nH]c4[C@H]3[C@@H]2CC(=O)O1. The third-order valence-electron chi connectivity index (χ3n) is 12.0. The minimum absolute atomic E-state index is 0.0215. The van der Waals surface area contributed by atoms with Crippen molar-refractivity contribution in [3.63, 3.8) is 0 Å². The van der Waals surface area contributed by atoms with Crippen LogP contribution in [0.5, 0.6) is 0 Å². The van der Waals surface area contributed by atoms with Crippen molar-refractivity contribution >= 4 is 11.8 Å². The summed E-state index contributed by atoms with van der Waals surface area (Å²) in [6.07, 6.45) is 8.12. The van der Waals surface area contributed by atoms with Gasteiger partial charge in [-0.15, -0.1) is 0 Å². The van der Waals surface area contributed by atoms with Gasteiger partial charge in [0.1, 0.15) is 17.9 Å². The van der Waals surface area contributed by atoms with Crippen molar-refractivity contribution < 1.29 is 38.0 Å². The Morgan fingerprint density at radius 2 is 1.82 bits per heavy atom.